The van der Waals surface area contributed by atoms with Gasteiger partial charge >= 0.3 is 0 Å². The van der Waals surface area contributed by atoms with E-state index >= 15 is 0 Å². The zero-order valence-corrected chi connectivity index (χ0v) is 10.4. The van der Waals surface area contributed by atoms with Crippen molar-refractivity contribution in [3.05, 3.63) is 35.6 Å². The van der Waals surface area contributed by atoms with Crippen molar-refractivity contribution in [2.75, 3.05) is 13.6 Å². The van der Waals surface area contributed by atoms with Gasteiger partial charge in [-0.15, -0.1) is 0 Å². The molecule has 1 saturated carbocycles. The summed E-state index contributed by atoms with van der Waals surface area (Å²) in [6.45, 7) is 0.874. The Morgan fingerprint density at radius 1 is 1.35 bits per heavy atom. The zero-order valence-electron chi connectivity index (χ0n) is 10.4. The van der Waals surface area contributed by atoms with Crippen molar-refractivity contribution in [3.8, 4) is 0 Å². The summed E-state index contributed by atoms with van der Waals surface area (Å²) in [6, 6.07) is 7.77. The van der Waals surface area contributed by atoms with E-state index in [0.29, 0.717) is 12.1 Å². The molecule has 2 nitrogen and oxygen atoms in total. The number of rotatable bonds is 4. The molecule has 0 amide bonds. The summed E-state index contributed by atoms with van der Waals surface area (Å²) in [6.07, 6.45) is 4.27. The van der Waals surface area contributed by atoms with E-state index in [2.05, 4.69) is 11.9 Å². The van der Waals surface area contributed by atoms with Crippen LogP contribution >= 0.6 is 0 Å². The van der Waals surface area contributed by atoms with Crippen molar-refractivity contribution >= 4 is 0 Å². The molecule has 2 rings (SSSR count). The van der Waals surface area contributed by atoms with E-state index < -0.39 is 0 Å². The maximum atomic E-state index is 13.5. The van der Waals surface area contributed by atoms with Gasteiger partial charge in [-0.25, -0.2) is 4.39 Å². The van der Waals surface area contributed by atoms with Crippen molar-refractivity contribution < 1.29 is 4.39 Å². The highest BCUT2D eigenvalue weighted by Gasteiger charge is 2.26. The van der Waals surface area contributed by atoms with E-state index in [4.69, 9.17) is 5.73 Å². The molecule has 2 unspecified atom stereocenters. The van der Waals surface area contributed by atoms with Crippen molar-refractivity contribution in [2.24, 2.45) is 5.73 Å². The summed E-state index contributed by atoms with van der Waals surface area (Å²) in [7, 11) is 2.09. The molecule has 94 valence electrons. The van der Waals surface area contributed by atoms with E-state index in [0.717, 1.165) is 24.9 Å². The Bertz CT molecular complexity index is 367. The van der Waals surface area contributed by atoms with Crippen LogP contribution in [0.3, 0.4) is 0 Å². The maximum absolute atomic E-state index is 13.5. The number of nitrogens with zero attached hydrogens (tertiary/aromatic N) is 1. The fraction of sp³-hybridized carbons (Fsp3) is 0.571. The Morgan fingerprint density at radius 3 is 2.76 bits per heavy atom. The zero-order chi connectivity index (χ0) is 12.3. The Hall–Kier alpha value is -0.930. The molecule has 17 heavy (non-hydrogen) atoms. The lowest BCUT2D eigenvalue weighted by Crippen LogP contribution is -2.43. The molecule has 0 heterocycles. The third-order valence-corrected chi connectivity index (χ3v) is 3.79. The molecule has 2 atom stereocenters. The summed E-state index contributed by atoms with van der Waals surface area (Å²) in [5, 5.41) is 0. The average Bonchev–Trinajstić information content (AvgIpc) is 2.74. The summed E-state index contributed by atoms with van der Waals surface area (Å²) >= 11 is 0. The number of hydrogen-bond acceptors (Lipinski definition) is 2. The second-order valence-corrected chi connectivity index (χ2v) is 4.98. The summed E-state index contributed by atoms with van der Waals surface area (Å²) in [5.41, 5.74) is 6.86. The van der Waals surface area contributed by atoms with Gasteiger partial charge in [0.15, 0.2) is 0 Å². The lowest BCUT2D eigenvalue weighted by Gasteiger charge is -2.27. The Labute approximate surface area is 103 Å². The molecule has 3 heteroatoms. The largest absolute Gasteiger partial charge is 0.326 e. The number of hydrogen-bond donors (Lipinski definition) is 1. The number of benzene rings is 1. The predicted molar refractivity (Wildman–Crippen MR) is 68.3 cm³/mol. The molecule has 0 aromatic heterocycles. The first-order chi connectivity index (χ1) is 8.18. The molecule has 1 aromatic rings. The van der Waals surface area contributed by atoms with Crippen molar-refractivity contribution in [2.45, 2.75) is 37.8 Å². The minimum absolute atomic E-state index is 0.100. The van der Waals surface area contributed by atoms with Crippen LogP contribution in [0, 0.1) is 5.82 Å². The maximum Gasteiger partial charge on any atom is 0.126 e. The SMILES string of the molecule is CN(CCc1ccccc1F)C1CCCC1N. The smallest absolute Gasteiger partial charge is 0.126 e. The van der Waals surface area contributed by atoms with Crippen LogP contribution in [0.15, 0.2) is 24.3 Å². The van der Waals surface area contributed by atoms with Crippen LogP contribution in [-0.2, 0) is 6.42 Å². The van der Waals surface area contributed by atoms with Gasteiger partial charge in [-0.2, -0.15) is 0 Å². The van der Waals surface area contributed by atoms with E-state index in [1.165, 1.54) is 18.9 Å². The topological polar surface area (TPSA) is 29.3 Å². The van der Waals surface area contributed by atoms with Gasteiger partial charge in [0.2, 0.25) is 0 Å². The van der Waals surface area contributed by atoms with Crippen LogP contribution in [0.4, 0.5) is 4.39 Å². The molecule has 2 N–H and O–H groups in total. The minimum atomic E-state index is -0.100. The summed E-state index contributed by atoms with van der Waals surface area (Å²) in [5.74, 6) is -0.100. The molecule has 0 saturated heterocycles. The molecule has 1 fully saturated rings. The van der Waals surface area contributed by atoms with Crippen molar-refractivity contribution in [1.29, 1.82) is 0 Å². The molecule has 1 aromatic carbocycles. The first kappa shape index (κ1) is 12.5. The molecular formula is C14H21FN2. The molecule has 0 aliphatic heterocycles. The Kier molecular flexibility index (Phi) is 4.13. The van der Waals surface area contributed by atoms with Gasteiger partial charge < -0.3 is 10.6 Å². The number of likely N-dealkylation sites (N-methyl/N-ethyl adjacent to an activating group) is 1. The lowest BCUT2D eigenvalue weighted by molar-refractivity contribution is 0.230. The van der Waals surface area contributed by atoms with Gasteiger partial charge in [0.05, 0.1) is 0 Å². The molecule has 0 radical (unpaired) electrons. The van der Waals surface area contributed by atoms with Crippen LogP contribution in [-0.4, -0.2) is 30.6 Å². The predicted octanol–water partition coefficient (Wildman–Crippen LogP) is 2.18. The minimum Gasteiger partial charge on any atom is -0.326 e. The molecular weight excluding hydrogens is 215 g/mol. The fourth-order valence-corrected chi connectivity index (χ4v) is 2.68. The molecule has 1 aliphatic rings. The van der Waals surface area contributed by atoms with Crippen LogP contribution in [0.2, 0.25) is 0 Å². The van der Waals surface area contributed by atoms with E-state index in [1.54, 1.807) is 6.07 Å². The number of nitrogens with two attached hydrogens (primary N) is 1. The third-order valence-electron chi connectivity index (χ3n) is 3.79. The highest BCUT2D eigenvalue weighted by molar-refractivity contribution is 5.17. The van der Waals surface area contributed by atoms with Gasteiger partial charge in [-0.3, -0.25) is 0 Å². The van der Waals surface area contributed by atoms with Gasteiger partial charge in [-0.1, -0.05) is 24.6 Å². The molecule has 0 bridgehead atoms. The van der Waals surface area contributed by atoms with Crippen molar-refractivity contribution in [1.82, 2.24) is 4.90 Å². The van der Waals surface area contributed by atoms with Crippen LogP contribution in [0.25, 0.3) is 0 Å². The quantitative estimate of drug-likeness (QED) is 0.868. The highest BCUT2D eigenvalue weighted by Crippen LogP contribution is 2.22. The average molecular weight is 236 g/mol. The Morgan fingerprint density at radius 2 is 2.12 bits per heavy atom. The molecule has 0 spiro atoms. The second kappa shape index (κ2) is 5.61. The van der Waals surface area contributed by atoms with E-state index in [9.17, 15) is 4.39 Å². The van der Waals surface area contributed by atoms with Gasteiger partial charge in [0.25, 0.3) is 0 Å². The standard InChI is InChI=1S/C14H21FN2/c1-17(14-8-4-7-13(14)16)10-9-11-5-2-3-6-12(11)15/h2-3,5-6,13-14H,4,7-10,16H2,1H3. The van der Waals surface area contributed by atoms with Gasteiger partial charge in [-0.05, 0) is 37.9 Å². The fourth-order valence-electron chi connectivity index (χ4n) is 2.68. The van der Waals surface area contributed by atoms with Crippen LogP contribution < -0.4 is 5.73 Å². The monoisotopic (exact) mass is 236 g/mol. The third kappa shape index (κ3) is 3.05. The molecule has 1 aliphatic carbocycles. The highest BCUT2D eigenvalue weighted by atomic mass is 19.1. The summed E-state index contributed by atoms with van der Waals surface area (Å²) < 4.78 is 13.5. The summed E-state index contributed by atoms with van der Waals surface area (Å²) in [4.78, 5) is 2.28. The van der Waals surface area contributed by atoms with E-state index in [1.807, 2.05) is 12.1 Å². The van der Waals surface area contributed by atoms with Crippen LogP contribution in [0.1, 0.15) is 24.8 Å². The number of halogens is 1. The Balaban J connectivity index is 1.88. The van der Waals surface area contributed by atoms with Crippen molar-refractivity contribution in [3.63, 3.8) is 0 Å². The normalized spacial score (nSPS) is 24.5. The van der Waals surface area contributed by atoms with E-state index in [-0.39, 0.29) is 5.82 Å². The first-order valence-corrected chi connectivity index (χ1v) is 6.37. The van der Waals surface area contributed by atoms with Gasteiger partial charge in [0, 0.05) is 18.6 Å². The first-order valence-electron chi connectivity index (χ1n) is 6.37. The van der Waals surface area contributed by atoms with Crippen LogP contribution in [0.5, 0.6) is 0 Å². The second-order valence-electron chi connectivity index (χ2n) is 4.98. The lowest BCUT2D eigenvalue weighted by atomic mass is 10.1. The van der Waals surface area contributed by atoms with Gasteiger partial charge in [0.1, 0.15) is 5.82 Å².